The molecule has 0 bridgehead atoms. The average Bonchev–Trinajstić information content (AvgIpc) is 2.80. The highest BCUT2D eigenvalue weighted by Gasteiger charge is 2.29. The van der Waals surface area contributed by atoms with Crippen molar-refractivity contribution >= 4 is 28.8 Å². The van der Waals surface area contributed by atoms with Crippen LogP contribution in [0.4, 0.5) is 0 Å². The molecular weight excluding hydrogens is 398 g/mol. The van der Waals surface area contributed by atoms with E-state index in [1.807, 2.05) is 39.0 Å². The van der Waals surface area contributed by atoms with Gasteiger partial charge < -0.3 is 4.74 Å². The van der Waals surface area contributed by atoms with Gasteiger partial charge in [-0.3, -0.25) is 28.8 Å². The van der Waals surface area contributed by atoms with E-state index in [0.717, 1.165) is 30.3 Å². The number of amides is 2. The van der Waals surface area contributed by atoms with Crippen molar-refractivity contribution in [2.24, 2.45) is 7.05 Å². The summed E-state index contributed by atoms with van der Waals surface area (Å²) < 4.78 is 8.36. The Kier molecular flexibility index (Phi) is 6.67. The third kappa shape index (κ3) is 5.42. The van der Waals surface area contributed by atoms with Crippen LogP contribution < -0.4 is 11.0 Å². The molecule has 0 radical (unpaired) electrons. The minimum atomic E-state index is -0.692. The number of aromatic nitrogens is 2. The van der Waals surface area contributed by atoms with Crippen molar-refractivity contribution in [2.45, 2.75) is 77.4 Å². The lowest BCUT2D eigenvalue weighted by molar-refractivity contribution is -0.155. The summed E-state index contributed by atoms with van der Waals surface area (Å²) >= 11 is 0. The number of aryl methyl sites for hydroxylation is 2. The predicted molar refractivity (Wildman–Crippen MR) is 117 cm³/mol. The van der Waals surface area contributed by atoms with E-state index < -0.39 is 17.6 Å². The number of rotatable bonds is 6. The monoisotopic (exact) mass is 429 g/mol. The van der Waals surface area contributed by atoms with Gasteiger partial charge >= 0.3 is 11.7 Å². The number of nitrogens with zero attached hydrogens (tertiary/aromatic N) is 2. The van der Waals surface area contributed by atoms with Gasteiger partial charge in [0, 0.05) is 19.9 Å². The molecule has 3 rings (SSSR count). The van der Waals surface area contributed by atoms with Gasteiger partial charge in [-0.05, 0) is 70.6 Å². The normalized spacial score (nSPS) is 17.5. The number of carbonyl (C=O) groups excluding carboxylic acids is 3. The van der Waals surface area contributed by atoms with Crippen LogP contribution in [-0.4, -0.2) is 32.5 Å². The summed E-state index contributed by atoms with van der Waals surface area (Å²) in [5, 5.41) is 2.38. The molecule has 8 heteroatoms. The maximum absolute atomic E-state index is 12.9. The van der Waals surface area contributed by atoms with Gasteiger partial charge in [-0.1, -0.05) is 6.07 Å². The number of unbranched alkanes of at least 4 members (excludes halogenated alkanes) is 1. The van der Waals surface area contributed by atoms with E-state index in [2.05, 4.69) is 5.32 Å². The second-order valence-electron chi connectivity index (χ2n) is 9.15. The van der Waals surface area contributed by atoms with E-state index in [1.165, 1.54) is 4.57 Å². The average molecular weight is 430 g/mol. The van der Waals surface area contributed by atoms with Gasteiger partial charge in [0.1, 0.15) is 11.6 Å². The fourth-order valence-corrected chi connectivity index (χ4v) is 3.97. The number of esters is 1. The Morgan fingerprint density at radius 2 is 1.90 bits per heavy atom. The molecular formula is C23H31N3O5. The largest absolute Gasteiger partial charge is 0.460 e. The molecule has 1 aliphatic rings. The molecule has 1 N–H and O–H groups in total. The highest BCUT2D eigenvalue weighted by Crippen LogP contribution is 2.24. The van der Waals surface area contributed by atoms with Crippen LogP contribution in [-0.2, 0) is 32.6 Å². The quantitative estimate of drug-likeness (QED) is 0.432. The van der Waals surface area contributed by atoms with Crippen LogP contribution >= 0.6 is 0 Å². The van der Waals surface area contributed by atoms with Gasteiger partial charge in [0.2, 0.25) is 11.8 Å². The Labute approximate surface area is 181 Å². The van der Waals surface area contributed by atoms with Crippen LogP contribution in [0.15, 0.2) is 23.0 Å². The Hall–Kier alpha value is -2.90. The van der Waals surface area contributed by atoms with Crippen molar-refractivity contribution in [3.05, 3.63) is 34.2 Å². The van der Waals surface area contributed by atoms with Crippen molar-refractivity contribution in [1.82, 2.24) is 14.5 Å². The molecule has 0 aliphatic carbocycles. The molecule has 0 spiro atoms. The lowest BCUT2D eigenvalue weighted by atomic mass is 10.1. The molecule has 1 atom stereocenters. The molecule has 2 amide bonds. The van der Waals surface area contributed by atoms with Crippen molar-refractivity contribution in [3.63, 3.8) is 0 Å². The number of nitrogens with one attached hydrogen (secondary N) is 1. The Balaban J connectivity index is 1.73. The first-order valence-electron chi connectivity index (χ1n) is 10.8. The van der Waals surface area contributed by atoms with E-state index in [9.17, 15) is 19.2 Å². The molecule has 31 heavy (non-hydrogen) atoms. The van der Waals surface area contributed by atoms with Gasteiger partial charge in [-0.2, -0.15) is 0 Å². The second-order valence-corrected chi connectivity index (χ2v) is 9.15. The van der Waals surface area contributed by atoms with E-state index in [1.54, 1.807) is 11.6 Å². The first-order chi connectivity index (χ1) is 14.6. The first kappa shape index (κ1) is 22.8. The van der Waals surface area contributed by atoms with Crippen molar-refractivity contribution < 1.29 is 19.1 Å². The molecule has 1 fully saturated rings. The summed E-state index contributed by atoms with van der Waals surface area (Å²) in [6, 6.07) is 5.08. The van der Waals surface area contributed by atoms with Crippen molar-refractivity contribution in [3.8, 4) is 0 Å². The van der Waals surface area contributed by atoms with Gasteiger partial charge in [0.15, 0.2) is 0 Å². The first-order valence-corrected chi connectivity index (χ1v) is 10.8. The van der Waals surface area contributed by atoms with Gasteiger partial charge in [-0.15, -0.1) is 0 Å². The Bertz CT molecular complexity index is 1060. The van der Waals surface area contributed by atoms with Crippen LogP contribution in [0.3, 0.4) is 0 Å². The topological polar surface area (TPSA) is 99.4 Å². The van der Waals surface area contributed by atoms with Crippen LogP contribution in [0.1, 0.15) is 70.9 Å². The number of benzene rings is 1. The minimum Gasteiger partial charge on any atom is -0.460 e. The highest BCUT2D eigenvalue weighted by atomic mass is 16.6. The van der Waals surface area contributed by atoms with Crippen LogP contribution in [0, 0.1) is 0 Å². The SMILES string of the molecule is Cn1c(=O)n(C2CCCC(=O)NC2=O)c2ccc(CCCCC(=O)OC(C)(C)C)cc21. The van der Waals surface area contributed by atoms with E-state index in [0.29, 0.717) is 24.8 Å². The fraction of sp³-hybridized carbons (Fsp3) is 0.565. The van der Waals surface area contributed by atoms with E-state index >= 15 is 0 Å². The van der Waals surface area contributed by atoms with Crippen LogP contribution in [0.2, 0.25) is 0 Å². The number of hydrogen-bond donors (Lipinski definition) is 1. The standard InChI is InChI=1S/C23H31N3O5/c1-23(2,3)31-20(28)11-6-5-8-15-12-13-16-18(14-15)25(4)22(30)26(16)17-9-7-10-19(27)24-21(17)29/h12-14,17H,5-11H2,1-4H3,(H,24,27,29). The third-order valence-corrected chi connectivity index (χ3v) is 5.43. The molecule has 1 unspecified atom stereocenters. The number of carbonyl (C=O) groups is 3. The molecule has 1 aromatic heterocycles. The summed E-state index contributed by atoms with van der Waals surface area (Å²) in [7, 11) is 1.69. The summed E-state index contributed by atoms with van der Waals surface area (Å²) in [4.78, 5) is 48.9. The lowest BCUT2D eigenvalue weighted by Gasteiger charge is -2.19. The van der Waals surface area contributed by atoms with E-state index in [4.69, 9.17) is 4.74 Å². The fourth-order valence-electron chi connectivity index (χ4n) is 3.97. The molecule has 0 saturated carbocycles. The molecule has 1 saturated heterocycles. The number of ether oxygens (including phenoxy) is 1. The van der Waals surface area contributed by atoms with Gasteiger partial charge in [-0.25, -0.2) is 4.79 Å². The number of fused-ring (bicyclic) bond motifs is 1. The summed E-state index contributed by atoms with van der Waals surface area (Å²) in [6.45, 7) is 5.56. The zero-order valence-corrected chi connectivity index (χ0v) is 18.7. The van der Waals surface area contributed by atoms with Gasteiger partial charge in [0.05, 0.1) is 11.0 Å². The maximum atomic E-state index is 12.9. The predicted octanol–water partition coefficient (Wildman–Crippen LogP) is 2.76. The molecule has 8 nitrogen and oxygen atoms in total. The zero-order valence-electron chi connectivity index (χ0n) is 18.7. The summed E-state index contributed by atoms with van der Waals surface area (Å²) in [5.74, 6) is -0.916. The van der Waals surface area contributed by atoms with E-state index in [-0.39, 0.29) is 24.0 Å². The van der Waals surface area contributed by atoms with Crippen LogP contribution in [0.5, 0.6) is 0 Å². The molecule has 2 heterocycles. The summed E-state index contributed by atoms with van der Waals surface area (Å²) in [5.41, 5.74) is 1.75. The van der Waals surface area contributed by atoms with Crippen molar-refractivity contribution in [2.75, 3.05) is 0 Å². The Morgan fingerprint density at radius 1 is 1.16 bits per heavy atom. The molecule has 1 aromatic carbocycles. The molecule has 2 aromatic rings. The number of hydrogen-bond acceptors (Lipinski definition) is 5. The van der Waals surface area contributed by atoms with Crippen molar-refractivity contribution in [1.29, 1.82) is 0 Å². The minimum absolute atomic E-state index is 0.192. The number of imide groups is 1. The lowest BCUT2D eigenvalue weighted by Crippen LogP contribution is -2.38. The highest BCUT2D eigenvalue weighted by molar-refractivity contribution is 5.98. The van der Waals surface area contributed by atoms with Crippen LogP contribution in [0.25, 0.3) is 11.0 Å². The molecule has 1 aliphatic heterocycles. The molecule has 168 valence electrons. The smallest absolute Gasteiger partial charge is 0.329 e. The third-order valence-electron chi connectivity index (χ3n) is 5.43. The Morgan fingerprint density at radius 3 is 2.61 bits per heavy atom. The zero-order chi connectivity index (χ0) is 22.8. The maximum Gasteiger partial charge on any atom is 0.329 e. The second kappa shape index (κ2) is 9.08. The van der Waals surface area contributed by atoms with Gasteiger partial charge in [0.25, 0.3) is 0 Å². The summed E-state index contributed by atoms with van der Waals surface area (Å²) in [6.07, 6.45) is 4.00. The number of imidazole rings is 1.